The van der Waals surface area contributed by atoms with E-state index in [1.165, 1.54) is 11.3 Å². The third-order valence-corrected chi connectivity index (χ3v) is 4.76. The molecule has 1 amide bonds. The number of nitrogens with zero attached hydrogens (tertiary/aromatic N) is 1. The quantitative estimate of drug-likeness (QED) is 0.878. The van der Waals surface area contributed by atoms with Crippen LogP contribution in [0.4, 0.5) is 5.69 Å². The molecule has 3 rings (SSSR count). The average Bonchev–Trinajstić information content (AvgIpc) is 2.66. The summed E-state index contributed by atoms with van der Waals surface area (Å²) in [6.45, 7) is 4.75. The zero-order valence-electron chi connectivity index (χ0n) is 11.5. The number of anilines is 1. The third kappa shape index (κ3) is 2.39. The van der Waals surface area contributed by atoms with E-state index in [2.05, 4.69) is 0 Å². The number of carbonyl (C=O) groups excluding carboxylic acids is 1. The van der Waals surface area contributed by atoms with Gasteiger partial charge in [0.25, 0.3) is 5.91 Å². The summed E-state index contributed by atoms with van der Waals surface area (Å²) in [6, 6.07) is 6.13. The Kier molecular flexibility index (Phi) is 3.63. The summed E-state index contributed by atoms with van der Waals surface area (Å²) in [5, 5.41) is 0.990. The number of hydrogen-bond donors (Lipinski definition) is 1. The summed E-state index contributed by atoms with van der Waals surface area (Å²) in [4.78, 5) is 15.1. The van der Waals surface area contributed by atoms with Gasteiger partial charge >= 0.3 is 0 Å². The molecular formula is C15H18N2O2S. The first-order chi connectivity index (χ1) is 9.66. The van der Waals surface area contributed by atoms with E-state index in [0.717, 1.165) is 35.2 Å². The van der Waals surface area contributed by atoms with Crippen molar-refractivity contribution in [2.75, 3.05) is 32.0 Å². The SMILES string of the molecule is Cc1ccc2sc(C(=O)N3CCCOCC3)c(N)c2c1. The molecule has 1 aromatic carbocycles. The number of fused-ring (bicyclic) bond motifs is 1. The van der Waals surface area contributed by atoms with Crippen LogP contribution in [0.1, 0.15) is 21.7 Å². The lowest BCUT2D eigenvalue weighted by Gasteiger charge is -2.18. The number of amides is 1. The standard InChI is InChI=1S/C15H18N2O2S/c1-10-3-4-12-11(9-10)13(16)14(20-12)15(18)17-5-2-7-19-8-6-17/h3-4,9H,2,5-8,16H2,1H3. The fourth-order valence-electron chi connectivity index (χ4n) is 2.48. The fraction of sp³-hybridized carbons (Fsp3) is 0.400. The Morgan fingerprint density at radius 1 is 1.35 bits per heavy atom. The molecule has 4 nitrogen and oxygen atoms in total. The minimum atomic E-state index is 0.0341. The smallest absolute Gasteiger partial charge is 0.266 e. The molecule has 2 aromatic rings. The van der Waals surface area contributed by atoms with Crippen LogP contribution in [-0.2, 0) is 4.74 Å². The lowest BCUT2D eigenvalue weighted by Crippen LogP contribution is -2.33. The Bertz CT molecular complexity index is 643. The lowest BCUT2D eigenvalue weighted by molar-refractivity contribution is 0.0747. The largest absolute Gasteiger partial charge is 0.397 e. The average molecular weight is 290 g/mol. The number of nitrogens with two attached hydrogens (primary N) is 1. The molecule has 2 N–H and O–H groups in total. The zero-order valence-corrected chi connectivity index (χ0v) is 12.3. The zero-order chi connectivity index (χ0) is 14.1. The number of thiophene rings is 1. The van der Waals surface area contributed by atoms with E-state index in [1.807, 2.05) is 30.0 Å². The van der Waals surface area contributed by atoms with Gasteiger partial charge in [0.1, 0.15) is 4.88 Å². The molecule has 1 aliphatic heterocycles. The summed E-state index contributed by atoms with van der Waals surface area (Å²) < 4.78 is 6.47. The first-order valence-corrected chi connectivity index (χ1v) is 7.64. The van der Waals surface area contributed by atoms with Gasteiger partial charge in [-0.1, -0.05) is 11.6 Å². The van der Waals surface area contributed by atoms with Crippen molar-refractivity contribution in [2.24, 2.45) is 0 Å². The highest BCUT2D eigenvalue weighted by atomic mass is 32.1. The van der Waals surface area contributed by atoms with Gasteiger partial charge in [0.15, 0.2) is 0 Å². The van der Waals surface area contributed by atoms with Gasteiger partial charge in [0, 0.05) is 29.8 Å². The van der Waals surface area contributed by atoms with Gasteiger partial charge in [-0.15, -0.1) is 11.3 Å². The van der Waals surface area contributed by atoms with Gasteiger partial charge in [-0.05, 0) is 25.5 Å². The van der Waals surface area contributed by atoms with E-state index >= 15 is 0 Å². The number of ether oxygens (including phenoxy) is 1. The number of hydrogen-bond acceptors (Lipinski definition) is 4. The lowest BCUT2D eigenvalue weighted by atomic mass is 10.1. The molecule has 0 aliphatic carbocycles. The van der Waals surface area contributed by atoms with Crippen molar-refractivity contribution in [3.8, 4) is 0 Å². The third-order valence-electron chi connectivity index (χ3n) is 3.59. The maximum absolute atomic E-state index is 12.6. The van der Waals surface area contributed by atoms with E-state index < -0.39 is 0 Å². The van der Waals surface area contributed by atoms with Crippen LogP contribution < -0.4 is 5.73 Å². The molecule has 1 saturated heterocycles. The van der Waals surface area contributed by atoms with Crippen LogP contribution in [-0.4, -0.2) is 37.1 Å². The van der Waals surface area contributed by atoms with E-state index in [0.29, 0.717) is 23.7 Å². The Balaban J connectivity index is 1.96. The normalized spacial score (nSPS) is 16.4. The van der Waals surface area contributed by atoms with Gasteiger partial charge in [0.2, 0.25) is 0 Å². The van der Waals surface area contributed by atoms with Crippen molar-refractivity contribution in [1.29, 1.82) is 0 Å². The second-order valence-corrected chi connectivity index (χ2v) is 6.15. The Morgan fingerprint density at radius 2 is 2.20 bits per heavy atom. The van der Waals surface area contributed by atoms with E-state index in [-0.39, 0.29) is 5.91 Å². The van der Waals surface area contributed by atoms with Gasteiger partial charge in [-0.3, -0.25) is 4.79 Å². The monoisotopic (exact) mass is 290 g/mol. The highest BCUT2D eigenvalue weighted by Crippen LogP contribution is 2.35. The Labute approximate surface area is 122 Å². The summed E-state index contributed by atoms with van der Waals surface area (Å²) in [6.07, 6.45) is 0.885. The molecule has 0 saturated carbocycles. The molecule has 0 atom stereocenters. The van der Waals surface area contributed by atoms with Gasteiger partial charge in [-0.2, -0.15) is 0 Å². The predicted octanol–water partition coefficient (Wildman–Crippen LogP) is 2.65. The molecule has 106 valence electrons. The second-order valence-electron chi connectivity index (χ2n) is 5.10. The van der Waals surface area contributed by atoms with Crippen LogP contribution in [0.2, 0.25) is 0 Å². The summed E-state index contributed by atoms with van der Waals surface area (Å²) >= 11 is 1.48. The first-order valence-electron chi connectivity index (χ1n) is 6.82. The summed E-state index contributed by atoms with van der Waals surface area (Å²) in [5.41, 5.74) is 7.96. The second kappa shape index (κ2) is 5.42. The number of aryl methyl sites for hydroxylation is 1. The maximum Gasteiger partial charge on any atom is 0.266 e. The summed E-state index contributed by atoms with van der Waals surface area (Å²) in [7, 11) is 0. The highest BCUT2D eigenvalue weighted by molar-refractivity contribution is 7.21. The molecule has 0 radical (unpaired) electrons. The van der Waals surface area contributed by atoms with Crippen molar-refractivity contribution in [3.63, 3.8) is 0 Å². The van der Waals surface area contributed by atoms with Crippen LogP contribution in [0.5, 0.6) is 0 Å². The molecule has 0 unspecified atom stereocenters. The summed E-state index contributed by atoms with van der Waals surface area (Å²) in [5.74, 6) is 0.0341. The molecule has 0 spiro atoms. The Morgan fingerprint density at radius 3 is 3.05 bits per heavy atom. The number of nitrogen functional groups attached to an aromatic ring is 1. The van der Waals surface area contributed by atoms with Gasteiger partial charge in [0.05, 0.1) is 12.3 Å². The van der Waals surface area contributed by atoms with Crippen molar-refractivity contribution >= 4 is 33.0 Å². The van der Waals surface area contributed by atoms with E-state index in [4.69, 9.17) is 10.5 Å². The van der Waals surface area contributed by atoms with Crippen LogP contribution in [0.15, 0.2) is 18.2 Å². The van der Waals surface area contributed by atoms with Crippen molar-refractivity contribution in [1.82, 2.24) is 4.90 Å². The fourth-order valence-corrected chi connectivity index (χ4v) is 3.55. The van der Waals surface area contributed by atoms with Crippen molar-refractivity contribution in [3.05, 3.63) is 28.6 Å². The Hall–Kier alpha value is -1.59. The van der Waals surface area contributed by atoms with Gasteiger partial charge in [-0.25, -0.2) is 0 Å². The molecule has 0 bridgehead atoms. The maximum atomic E-state index is 12.6. The topological polar surface area (TPSA) is 55.6 Å². The molecule has 2 heterocycles. The molecule has 20 heavy (non-hydrogen) atoms. The minimum Gasteiger partial charge on any atom is -0.397 e. The van der Waals surface area contributed by atoms with Gasteiger partial charge < -0.3 is 15.4 Å². The molecule has 1 fully saturated rings. The van der Waals surface area contributed by atoms with Crippen LogP contribution in [0.3, 0.4) is 0 Å². The van der Waals surface area contributed by atoms with Crippen molar-refractivity contribution < 1.29 is 9.53 Å². The number of carbonyl (C=O) groups is 1. The van der Waals surface area contributed by atoms with Crippen molar-refractivity contribution in [2.45, 2.75) is 13.3 Å². The van der Waals surface area contributed by atoms with E-state index in [9.17, 15) is 4.79 Å². The van der Waals surface area contributed by atoms with Crippen LogP contribution in [0.25, 0.3) is 10.1 Å². The molecule has 1 aromatic heterocycles. The van der Waals surface area contributed by atoms with Crippen LogP contribution >= 0.6 is 11.3 Å². The van der Waals surface area contributed by atoms with E-state index in [1.54, 1.807) is 0 Å². The first kappa shape index (κ1) is 13.4. The van der Waals surface area contributed by atoms with Crippen LogP contribution in [0, 0.1) is 6.92 Å². The minimum absolute atomic E-state index is 0.0341. The number of rotatable bonds is 1. The molecule has 5 heteroatoms. The molecular weight excluding hydrogens is 272 g/mol. The number of benzene rings is 1. The predicted molar refractivity (Wildman–Crippen MR) is 82.3 cm³/mol. The highest BCUT2D eigenvalue weighted by Gasteiger charge is 2.22. The molecule has 1 aliphatic rings.